The SMILES string of the molecule is CCCCCC/C=C\C/C=C\CCCCCCCC(=O)OCCCCCCCCCCCCCC/C=C\CCCCCCCCCCCC(=O)NC(CO)C(O)/C=C/CCCCCCCCCCCCCCCCCCC. The predicted octanol–water partition coefficient (Wildman–Crippen LogP) is 22.1. The van der Waals surface area contributed by atoms with E-state index >= 15 is 0 Å². The standard InChI is InChI=1S/C71H133NO5/c1-3-5-7-9-11-13-15-17-19-21-29-32-35-39-43-47-51-55-59-63-69(74)68(67-73)72-70(75)64-60-56-52-48-44-40-36-33-30-27-25-23-22-24-26-28-31-34-38-42-46-50-54-58-62-66-77-71(76)65-61-57-53-49-45-41-37-20-18-16-14-12-10-8-6-4-2/h14,16,20,23,25,37,59,63,68-69,73-74H,3-13,15,17-19,21-22,24,26-36,38-58,60-62,64-67H2,1-2H3,(H,72,75)/b16-14-,25-23-,37-20-,63-59+. The lowest BCUT2D eigenvalue weighted by atomic mass is 10.0. The van der Waals surface area contributed by atoms with Crippen LogP contribution in [-0.2, 0) is 14.3 Å². The lowest BCUT2D eigenvalue weighted by molar-refractivity contribution is -0.143. The van der Waals surface area contributed by atoms with Gasteiger partial charge in [0, 0.05) is 12.8 Å². The van der Waals surface area contributed by atoms with Gasteiger partial charge in [-0.05, 0) is 89.9 Å². The van der Waals surface area contributed by atoms with Crippen molar-refractivity contribution in [2.45, 2.75) is 379 Å². The molecule has 6 nitrogen and oxygen atoms in total. The van der Waals surface area contributed by atoms with Crippen molar-refractivity contribution in [3.05, 3.63) is 48.6 Å². The predicted molar refractivity (Wildman–Crippen MR) is 338 cm³/mol. The number of carbonyl (C=O) groups is 2. The van der Waals surface area contributed by atoms with Gasteiger partial charge in [-0.25, -0.2) is 0 Å². The van der Waals surface area contributed by atoms with E-state index in [0.717, 1.165) is 51.4 Å². The average molecular weight is 1080 g/mol. The van der Waals surface area contributed by atoms with Gasteiger partial charge in [-0.1, -0.05) is 313 Å². The van der Waals surface area contributed by atoms with Crippen LogP contribution < -0.4 is 5.32 Å². The Labute approximate surface area is 480 Å². The molecule has 0 saturated carbocycles. The van der Waals surface area contributed by atoms with E-state index in [9.17, 15) is 19.8 Å². The number of ether oxygens (including phenoxy) is 1. The lowest BCUT2D eigenvalue weighted by Crippen LogP contribution is -2.45. The van der Waals surface area contributed by atoms with E-state index in [2.05, 4.69) is 55.6 Å². The molecule has 3 N–H and O–H groups in total. The van der Waals surface area contributed by atoms with Gasteiger partial charge in [-0.3, -0.25) is 9.59 Å². The number of aliphatic hydroxyl groups is 2. The maximum Gasteiger partial charge on any atom is 0.305 e. The van der Waals surface area contributed by atoms with E-state index in [-0.39, 0.29) is 18.5 Å². The first-order valence-corrected chi connectivity index (χ1v) is 34.4. The summed E-state index contributed by atoms with van der Waals surface area (Å²) in [5, 5.41) is 23.2. The van der Waals surface area contributed by atoms with Gasteiger partial charge in [-0.15, -0.1) is 0 Å². The molecular formula is C71H133NO5. The molecular weight excluding hydrogens is 947 g/mol. The fourth-order valence-corrected chi connectivity index (χ4v) is 10.5. The van der Waals surface area contributed by atoms with Gasteiger partial charge in [0.15, 0.2) is 0 Å². The Hall–Kier alpha value is -2.18. The minimum atomic E-state index is -0.848. The Morgan fingerprint density at radius 3 is 1.01 bits per heavy atom. The quantitative estimate of drug-likeness (QED) is 0.0320. The van der Waals surface area contributed by atoms with Gasteiger partial charge in [0.2, 0.25) is 5.91 Å². The molecule has 0 aromatic rings. The Morgan fingerprint density at radius 2 is 0.649 bits per heavy atom. The number of hydrogen-bond donors (Lipinski definition) is 3. The summed E-state index contributed by atoms with van der Waals surface area (Å²) in [5.74, 6) is -0.0691. The van der Waals surface area contributed by atoms with Gasteiger partial charge in [-0.2, -0.15) is 0 Å². The van der Waals surface area contributed by atoms with Crippen molar-refractivity contribution in [3.63, 3.8) is 0 Å². The number of carbonyl (C=O) groups excluding carboxylic acids is 2. The first kappa shape index (κ1) is 74.8. The van der Waals surface area contributed by atoms with Crippen LogP contribution in [0.2, 0.25) is 0 Å². The Kier molecular flexibility index (Phi) is 64.5. The molecule has 0 rings (SSSR count). The summed E-state index contributed by atoms with van der Waals surface area (Å²) in [4.78, 5) is 24.6. The summed E-state index contributed by atoms with van der Waals surface area (Å²) in [7, 11) is 0. The van der Waals surface area contributed by atoms with Crippen LogP contribution in [0.15, 0.2) is 48.6 Å². The van der Waals surface area contributed by atoms with E-state index in [1.54, 1.807) is 6.08 Å². The summed E-state index contributed by atoms with van der Waals surface area (Å²) >= 11 is 0. The molecule has 6 heteroatoms. The van der Waals surface area contributed by atoms with Gasteiger partial charge in [0.25, 0.3) is 0 Å². The molecule has 0 saturated heterocycles. The van der Waals surface area contributed by atoms with E-state index in [1.807, 2.05) is 6.08 Å². The van der Waals surface area contributed by atoms with E-state index in [4.69, 9.17) is 4.74 Å². The topological polar surface area (TPSA) is 95.9 Å². The van der Waals surface area contributed by atoms with Crippen LogP contribution in [0.5, 0.6) is 0 Å². The molecule has 77 heavy (non-hydrogen) atoms. The van der Waals surface area contributed by atoms with Crippen molar-refractivity contribution in [3.8, 4) is 0 Å². The normalized spacial score (nSPS) is 12.8. The maximum atomic E-state index is 12.5. The van der Waals surface area contributed by atoms with Crippen LogP contribution in [0.3, 0.4) is 0 Å². The Bertz CT molecular complexity index is 1290. The molecule has 0 aromatic carbocycles. The van der Waals surface area contributed by atoms with Crippen LogP contribution in [0, 0.1) is 0 Å². The fraction of sp³-hybridized carbons (Fsp3) is 0.859. The van der Waals surface area contributed by atoms with Gasteiger partial charge >= 0.3 is 5.97 Å². The average Bonchev–Trinajstić information content (AvgIpc) is 3.43. The number of allylic oxidation sites excluding steroid dienone is 7. The summed E-state index contributed by atoms with van der Waals surface area (Å²) in [6, 6.07) is -0.632. The van der Waals surface area contributed by atoms with E-state index in [0.29, 0.717) is 19.4 Å². The summed E-state index contributed by atoms with van der Waals surface area (Å²) in [5.41, 5.74) is 0. The van der Waals surface area contributed by atoms with Gasteiger partial charge < -0.3 is 20.3 Å². The van der Waals surface area contributed by atoms with Crippen LogP contribution in [0.4, 0.5) is 0 Å². The number of esters is 1. The van der Waals surface area contributed by atoms with Crippen molar-refractivity contribution in [2.24, 2.45) is 0 Å². The molecule has 0 bridgehead atoms. The smallest absolute Gasteiger partial charge is 0.305 e. The molecule has 1 amide bonds. The van der Waals surface area contributed by atoms with Crippen molar-refractivity contribution in [1.29, 1.82) is 0 Å². The van der Waals surface area contributed by atoms with Crippen molar-refractivity contribution in [2.75, 3.05) is 13.2 Å². The van der Waals surface area contributed by atoms with Crippen LogP contribution in [-0.4, -0.2) is 47.4 Å². The van der Waals surface area contributed by atoms with Gasteiger partial charge in [0.1, 0.15) is 0 Å². The number of rotatable bonds is 64. The van der Waals surface area contributed by atoms with Crippen molar-refractivity contribution < 1.29 is 24.5 Å². The zero-order valence-corrected chi connectivity index (χ0v) is 51.7. The third-order valence-electron chi connectivity index (χ3n) is 15.8. The molecule has 0 aliphatic rings. The molecule has 2 unspecified atom stereocenters. The highest BCUT2D eigenvalue weighted by molar-refractivity contribution is 5.76. The number of amides is 1. The van der Waals surface area contributed by atoms with Crippen LogP contribution in [0.1, 0.15) is 367 Å². The molecule has 452 valence electrons. The largest absolute Gasteiger partial charge is 0.466 e. The second-order valence-electron chi connectivity index (χ2n) is 23.5. The molecule has 0 radical (unpaired) electrons. The van der Waals surface area contributed by atoms with Crippen LogP contribution in [0.25, 0.3) is 0 Å². The molecule has 0 aliphatic heterocycles. The fourth-order valence-electron chi connectivity index (χ4n) is 10.5. The Morgan fingerprint density at radius 1 is 0.364 bits per heavy atom. The zero-order valence-electron chi connectivity index (χ0n) is 51.7. The minimum absolute atomic E-state index is 0.000370. The summed E-state index contributed by atoms with van der Waals surface area (Å²) in [6.45, 7) is 4.90. The highest BCUT2D eigenvalue weighted by Gasteiger charge is 2.18. The first-order valence-electron chi connectivity index (χ1n) is 34.4. The number of unbranched alkanes of at least 4 members (excludes halogenated alkanes) is 47. The number of hydrogen-bond acceptors (Lipinski definition) is 5. The lowest BCUT2D eigenvalue weighted by Gasteiger charge is -2.20. The minimum Gasteiger partial charge on any atom is -0.466 e. The molecule has 0 heterocycles. The van der Waals surface area contributed by atoms with Gasteiger partial charge in [0.05, 0.1) is 25.4 Å². The second kappa shape index (κ2) is 66.3. The maximum absolute atomic E-state index is 12.5. The summed E-state index contributed by atoms with van der Waals surface area (Å²) < 4.78 is 5.49. The first-order chi connectivity index (χ1) is 38.0. The number of nitrogens with one attached hydrogen (secondary N) is 1. The second-order valence-corrected chi connectivity index (χ2v) is 23.5. The third-order valence-corrected chi connectivity index (χ3v) is 15.8. The highest BCUT2D eigenvalue weighted by Crippen LogP contribution is 2.18. The highest BCUT2D eigenvalue weighted by atomic mass is 16.5. The zero-order chi connectivity index (χ0) is 55.7. The molecule has 0 spiro atoms. The molecule has 2 atom stereocenters. The molecule has 0 aromatic heterocycles. The Balaban J connectivity index is 3.43. The number of aliphatic hydroxyl groups excluding tert-OH is 2. The van der Waals surface area contributed by atoms with Crippen LogP contribution >= 0.6 is 0 Å². The van der Waals surface area contributed by atoms with Crippen molar-refractivity contribution in [1.82, 2.24) is 5.32 Å². The molecule has 0 fully saturated rings. The summed E-state index contributed by atoms with van der Waals surface area (Å²) in [6.07, 6.45) is 86.0. The third kappa shape index (κ3) is 62.9. The monoisotopic (exact) mass is 1080 g/mol. The van der Waals surface area contributed by atoms with E-state index < -0.39 is 12.1 Å². The molecule has 0 aliphatic carbocycles. The van der Waals surface area contributed by atoms with E-state index in [1.165, 1.54) is 289 Å². The van der Waals surface area contributed by atoms with Crippen molar-refractivity contribution >= 4 is 11.9 Å².